The van der Waals surface area contributed by atoms with Crippen LogP contribution in [0.1, 0.15) is 65.3 Å². The minimum atomic E-state index is 0.534. The number of nitrogens with zero attached hydrogens (tertiary/aromatic N) is 2. The second-order valence-corrected chi connectivity index (χ2v) is 5.88. The summed E-state index contributed by atoms with van der Waals surface area (Å²) in [4.78, 5) is 4.49. The standard InChI is InChI=1S/C15H27N3/c1-4-12(2)11-13(3)18-10-9-16-15(18)17-14-7-5-6-8-14/h9-10,12-14H,4-8,11H2,1-3H3,(H,16,17). The van der Waals surface area contributed by atoms with E-state index < -0.39 is 0 Å². The van der Waals surface area contributed by atoms with E-state index in [0.717, 1.165) is 11.9 Å². The van der Waals surface area contributed by atoms with Crippen LogP contribution in [0, 0.1) is 5.92 Å². The quantitative estimate of drug-likeness (QED) is 0.817. The van der Waals surface area contributed by atoms with Crippen molar-refractivity contribution >= 4 is 5.95 Å². The Morgan fingerprint density at radius 2 is 2.11 bits per heavy atom. The lowest BCUT2D eigenvalue weighted by Gasteiger charge is -2.21. The van der Waals surface area contributed by atoms with Gasteiger partial charge in [0.1, 0.15) is 0 Å². The second kappa shape index (κ2) is 6.26. The van der Waals surface area contributed by atoms with Gasteiger partial charge in [0.2, 0.25) is 5.95 Å². The molecular weight excluding hydrogens is 222 g/mol. The third-order valence-corrected chi connectivity index (χ3v) is 4.27. The zero-order valence-corrected chi connectivity index (χ0v) is 12.0. The highest BCUT2D eigenvalue weighted by molar-refractivity contribution is 5.28. The SMILES string of the molecule is CCC(C)CC(C)n1ccnc1NC1CCCC1. The van der Waals surface area contributed by atoms with Gasteiger partial charge in [-0.15, -0.1) is 0 Å². The summed E-state index contributed by atoms with van der Waals surface area (Å²) in [6.07, 6.45) is 11.8. The molecule has 1 aromatic rings. The fraction of sp³-hybridized carbons (Fsp3) is 0.800. The first-order valence-electron chi connectivity index (χ1n) is 7.50. The van der Waals surface area contributed by atoms with Gasteiger partial charge in [0.15, 0.2) is 0 Å². The highest BCUT2D eigenvalue weighted by Crippen LogP contribution is 2.25. The Balaban J connectivity index is 1.97. The molecule has 0 radical (unpaired) electrons. The van der Waals surface area contributed by atoms with Gasteiger partial charge in [-0.3, -0.25) is 0 Å². The Kier molecular flexibility index (Phi) is 4.67. The first-order valence-corrected chi connectivity index (χ1v) is 7.50. The fourth-order valence-corrected chi connectivity index (χ4v) is 2.90. The van der Waals surface area contributed by atoms with E-state index in [-0.39, 0.29) is 0 Å². The lowest BCUT2D eigenvalue weighted by molar-refractivity contribution is 0.400. The Bertz CT molecular complexity index is 352. The lowest BCUT2D eigenvalue weighted by atomic mass is 10.0. The zero-order chi connectivity index (χ0) is 13.0. The molecule has 102 valence electrons. The monoisotopic (exact) mass is 249 g/mol. The van der Waals surface area contributed by atoms with E-state index >= 15 is 0 Å². The molecule has 3 heteroatoms. The van der Waals surface area contributed by atoms with Crippen molar-refractivity contribution in [1.82, 2.24) is 9.55 Å². The summed E-state index contributed by atoms with van der Waals surface area (Å²) in [6.45, 7) is 6.90. The highest BCUT2D eigenvalue weighted by atomic mass is 15.2. The van der Waals surface area contributed by atoms with Crippen molar-refractivity contribution in [1.29, 1.82) is 0 Å². The van der Waals surface area contributed by atoms with Crippen molar-refractivity contribution in [2.45, 2.75) is 71.4 Å². The molecule has 2 atom stereocenters. The van der Waals surface area contributed by atoms with Crippen molar-refractivity contribution in [2.75, 3.05) is 5.32 Å². The molecule has 0 amide bonds. The van der Waals surface area contributed by atoms with Crippen LogP contribution in [0.25, 0.3) is 0 Å². The van der Waals surface area contributed by atoms with Gasteiger partial charge < -0.3 is 9.88 Å². The van der Waals surface area contributed by atoms with Crippen LogP contribution < -0.4 is 5.32 Å². The second-order valence-electron chi connectivity index (χ2n) is 5.88. The molecule has 18 heavy (non-hydrogen) atoms. The van der Waals surface area contributed by atoms with Gasteiger partial charge in [-0.05, 0) is 32.1 Å². The van der Waals surface area contributed by atoms with E-state index in [1.54, 1.807) is 0 Å². The van der Waals surface area contributed by atoms with Crippen LogP contribution in [0.3, 0.4) is 0 Å². The summed E-state index contributed by atoms with van der Waals surface area (Å²) in [7, 11) is 0. The molecule has 0 bridgehead atoms. The average Bonchev–Trinajstić information content (AvgIpc) is 3.00. The highest BCUT2D eigenvalue weighted by Gasteiger charge is 2.18. The largest absolute Gasteiger partial charge is 0.353 e. The molecule has 1 N–H and O–H groups in total. The van der Waals surface area contributed by atoms with E-state index in [4.69, 9.17) is 0 Å². The van der Waals surface area contributed by atoms with E-state index in [2.05, 4.69) is 41.8 Å². The van der Waals surface area contributed by atoms with E-state index in [1.165, 1.54) is 38.5 Å². The van der Waals surface area contributed by atoms with Gasteiger partial charge in [0, 0.05) is 24.5 Å². The third kappa shape index (κ3) is 3.27. The third-order valence-electron chi connectivity index (χ3n) is 4.27. The predicted octanol–water partition coefficient (Wildman–Crippen LogP) is 4.23. The summed E-state index contributed by atoms with van der Waals surface area (Å²) >= 11 is 0. The van der Waals surface area contributed by atoms with E-state index in [9.17, 15) is 0 Å². The number of hydrogen-bond donors (Lipinski definition) is 1. The van der Waals surface area contributed by atoms with Gasteiger partial charge in [0.25, 0.3) is 0 Å². The molecule has 0 aromatic carbocycles. The van der Waals surface area contributed by atoms with Crippen LogP contribution in [0.4, 0.5) is 5.95 Å². The van der Waals surface area contributed by atoms with Crippen molar-refractivity contribution in [3.05, 3.63) is 12.4 Å². The minimum Gasteiger partial charge on any atom is -0.353 e. The summed E-state index contributed by atoms with van der Waals surface area (Å²) in [5, 5.41) is 3.61. The van der Waals surface area contributed by atoms with Crippen LogP contribution in [0.15, 0.2) is 12.4 Å². The Hall–Kier alpha value is -0.990. The van der Waals surface area contributed by atoms with Crippen molar-refractivity contribution in [3.63, 3.8) is 0 Å². The van der Waals surface area contributed by atoms with Crippen molar-refractivity contribution < 1.29 is 0 Å². The van der Waals surface area contributed by atoms with Gasteiger partial charge in [-0.1, -0.05) is 33.1 Å². The van der Waals surface area contributed by atoms with Crippen LogP contribution >= 0.6 is 0 Å². The van der Waals surface area contributed by atoms with Crippen LogP contribution in [-0.4, -0.2) is 15.6 Å². The van der Waals surface area contributed by atoms with Crippen molar-refractivity contribution in [3.8, 4) is 0 Å². The summed E-state index contributed by atoms with van der Waals surface area (Å²) in [5.74, 6) is 1.85. The smallest absolute Gasteiger partial charge is 0.203 e. The Morgan fingerprint density at radius 3 is 2.78 bits per heavy atom. The number of rotatable bonds is 6. The molecule has 2 rings (SSSR count). The number of imidazole rings is 1. The Labute approximate surface area is 111 Å². The van der Waals surface area contributed by atoms with Gasteiger partial charge >= 0.3 is 0 Å². The molecule has 1 saturated carbocycles. The molecular formula is C15H27N3. The maximum absolute atomic E-state index is 4.49. The average molecular weight is 249 g/mol. The summed E-state index contributed by atoms with van der Waals surface area (Å²) in [6, 6.07) is 1.17. The molecule has 0 spiro atoms. The molecule has 1 aromatic heterocycles. The van der Waals surface area contributed by atoms with Crippen LogP contribution in [0.5, 0.6) is 0 Å². The molecule has 1 aliphatic carbocycles. The maximum atomic E-state index is 4.49. The molecule has 3 nitrogen and oxygen atoms in total. The first-order chi connectivity index (χ1) is 8.70. The minimum absolute atomic E-state index is 0.534. The molecule has 0 saturated heterocycles. The molecule has 1 aliphatic rings. The normalized spacial score (nSPS) is 19.9. The van der Waals surface area contributed by atoms with Gasteiger partial charge in [0.05, 0.1) is 0 Å². The maximum Gasteiger partial charge on any atom is 0.203 e. The van der Waals surface area contributed by atoms with Gasteiger partial charge in [-0.2, -0.15) is 0 Å². The molecule has 2 unspecified atom stereocenters. The number of anilines is 1. The van der Waals surface area contributed by atoms with E-state index in [1.807, 2.05) is 6.20 Å². The van der Waals surface area contributed by atoms with E-state index in [0.29, 0.717) is 12.1 Å². The molecule has 1 fully saturated rings. The lowest BCUT2D eigenvalue weighted by Crippen LogP contribution is -2.20. The molecule has 0 aliphatic heterocycles. The first kappa shape index (κ1) is 13.4. The van der Waals surface area contributed by atoms with Gasteiger partial charge in [-0.25, -0.2) is 4.98 Å². The number of nitrogens with one attached hydrogen (secondary N) is 1. The van der Waals surface area contributed by atoms with Crippen molar-refractivity contribution in [2.24, 2.45) is 5.92 Å². The van der Waals surface area contributed by atoms with Crippen LogP contribution in [0.2, 0.25) is 0 Å². The summed E-state index contributed by atoms with van der Waals surface area (Å²) in [5.41, 5.74) is 0. The number of hydrogen-bond acceptors (Lipinski definition) is 2. The number of aromatic nitrogens is 2. The summed E-state index contributed by atoms with van der Waals surface area (Å²) < 4.78 is 2.31. The Morgan fingerprint density at radius 1 is 1.39 bits per heavy atom. The fourth-order valence-electron chi connectivity index (χ4n) is 2.90. The topological polar surface area (TPSA) is 29.9 Å². The zero-order valence-electron chi connectivity index (χ0n) is 12.0. The molecule has 1 heterocycles. The predicted molar refractivity (Wildman–Crippen MR) is 76.9 cm³/mol. The van der Waals surface area contributed by atoms with Crippen LogP contribution in [-0.2, 0) is 0 Å².